The first-order valence-corrected chi connectivity index (χ1v) is 11.4. The third-order valence-electron chi connectivity index (χ3n) is 5.48. The molecule has 8 nitrogen and oxygen atoms in total. The minimum atomic E-state index is -0.213. The van der Waals surface area contributed by atoms with Gasteiger partial charge >= 0.3 is 0 Å². The number of amides is 2. The van der Waals surface area contributed by atoms with E-state index in [1.807, 2.05) is 29.2 Å². The van der Waals surface area contributed by atoms with Crippen molar-refractivity contribution in [3.63, 3.8) is 0 Å². The number of nitrogens with one attached hydrogen (secondary N) is 2. The summed E-state index contributed by atoms with van der Waals surface area (Å²) in [5.74, 6) is 0.588. The van der Waals surface area contributed by atoms with E-state index in [-0.39, 0.29) is 24.3 Å². The third kappa shape index (κ3) is 6.31. The second kappa shape index (κ2) is 10.8. The van der Waals surface area contributed by atoms with Crippen LogP contribution in [0.5, 0.6) is 0 Å². The molecular formula is C23H24Cl2N6O2. The molecule has 2 amide bonds. The van der Waals surface area contributed by atoms with Crippen LogP contribution in [0.15, 0.2) is 54.9 Å². The van der Waals surface area contributed by atoms with Crippen molar-refractivity contribution in [2.75, 3.05) is 30.3 Å². The molecule has 3 aromatic rings. The number of halogens is 2. The number of hydrogen-bond donors (Lipinski definition) is 2. The van der Waals surface area contributed by atoms with E-state index in [2.05, 4.69) is 20.7 Å². The first-order valence-electron chi connectivity index (χ1n) is 10.7. The Morgan fingerprint density at radius 2 is 1.94 bits per heavy atom. The Hall–Kier alpha value is -2.94. The van der Waals surface area contributed by atoms with Crippen LogP contribution in [0.4, 0.5) is 11.6 Å². The molecule has 2 aromatic heterocycles. The van der Waals surface area contributed by atoms with Crippen molar-refractivity contribution >= 4 is 46.7 Å². The van der Waals surface area contributed by atoms with E-state index in [0.29, 0.717) is 34.8 Å². The number of anilines is 2. The van der Waals surface area contributed by atoms with Crippen LogP contribution in [0.3, 0.4) is 0 Å². The lowest BCUT2D eigenvalue weighted by Crippen LogP contribution is -2.44. The first-order chi connectivity index (χ1) is 16.0. The molecule has 10 heteroatoms. The number of aromatic nitrogens is 3. The summed E-state index contributed by atoms with van der Waals surface area (Å²) >= 11 is 12.1. The van der Waals surface area contributed by atoms with Gasteiger partial charge in [-0.2, -0.15) is 5.10 Å². The highest BCUT2D eigenvalue weighted by Gasteiger charge is 2.27. The Morgan fingerprint density at radius 1 is 1.09 bits per heavy atom. The minimum Gasteiger partial charge on any atom is -0.310 e. The fraction of sp³-hybridized carbons (Fsp3) is 0.304. The molecule has 1 aromatic carbocycles. The molecule has 3 heterocycles. The molecule has 1 aliphatic heterocycles. The van der Waals surface area contributed by atoms with Gasteiger partial charge in [-0.15, -0.1) is 0 Å². The van der Waals surface area contributed by atoms with Crippen LogP contribution < -0.4 is 10.6 Å². The van der Waals surface area contributed by atoms with Crippen LogP contribution in [0.1, 0.15) is 18.4 Å². The normalized spacial score (nSPS) is 16.4. The van der Waals surface area contributed by atoms with E-state index in [4.69, 9.17) is 23.2 Å². The number of benzene rings is 1. The van der Waals surface area contributed by atoms with Crippen molar-refractivity contribution in [2.24, 2.45) is 5.92 Å². The lowest BCUT2D eigenvalue weighted by molar-refractivity contribution is -0.123. The Morgan fingerprint density at radius 3 is 2.73 bits per heavy atom. The summed E-state index contributed by atoms with van der Waals surface area (Å²) in [5, 5.41) is 11.2. The van der Waals surface area contributed by atoms with Crippen molar-refractivity contribution < 1.29 is 9.59 Å². The van der Waals surface area contributed by atoms with Crippen molar-refractivity contribution in [3.8, 4) is 0 Å². The maximum Gasteiger partial charge on any atom is 0.239 e. The lowest BCUT2D eigenvalue weighted by Gasteiger charge is -2.31. The predicted molar refractivity (Wildman–Crippen MR) is 128 cm³/mol. The highest BCUT2D eigenvalue weighted by Crippen LogP contribution is 2.20. The number of piperidine rings is 1. The van der Waals surface area contributed by atoms with Crippen molar-refractivity contribution in [1.82, 2.24) is 19.7 Å². The van der Waals surface area contributed by atoms with Gasteiger partial charge in [-0.1, -0.05) is 41.4 Å². The van der Waals surface area contributed by atoms with Crippen LogP contribution >= 0.6 is 23.2 Å². The van der Waals surface area contributed by atoms with E-state index in [0.717, 1.165) is 24.9 Å². The predicted octanol–water partition coefficient (Wildman–Crippen LogP) is 3.92. The Kier molecular flexibility index (Phi) is 7.59. The highest BCUT2D eigenvalue weighted by atomic mass is 35.5. The smallest absolute Gasteiger partial charge is 0.239 e. The molecule has 0 spiro atoms. The molecule has 1 unspecified atom stereocenters. The van der Waals surface area contributed by atoms with E-state index >= 15 is 0 Å². The standard InChI is InChI=1S/C23H24Cl2N6O2/c24-18-7-8-20(26-12-18)28-23(33)17-5-3-11-30(13-17)15-22(32)29-21-9-10-27-31(21)14-16-4-1-2-6-19(16)25/h1-2,4,6-10,12,17H,3,5,11,13-15H2,(H,29,32)(H,26,28,33). The van der Waals surface area contributed by atoms with Gasteiger partial charge in [-0.3, -0.25) is 14.5 Å². The Bertz CT molecular complexity index is 1120. The second-order valence-corrected chi connectivity index (χ2v) is 8.78. The Labute approximate surface area is 201 Å². The zero-order valence-electron chi connectivity index (χ0n) is 17.9. The van der Waals surface area contributed by atoms with Gasteiger partial charge < -0.3 is 10.6 Å². The van der Waals surface area contributed by atoms with Crippen LogP contribution in [-0.4, -0.2) is 51.1 Å². The topological polar surface area (TPSA) is 92.2 Å². The average molecular weight is 487 g/mol. The van der Waals surface area contributed by atoms with Gasteiger partial charge in [0.2, 0.25) is 11.8 Å². The molecule has 1 aliphatic rings. The van der Waals surface area contributed by atoms with Crippen LogP contribution in [-0.2, 0) is 16.1 Å². The summed E-state index contributed by atoms with van der Waals surface area (Å²) in [4.78, 5) is 31.5. The van der Waals surface area contributed by atoms with E-state index in [1.165, 1.54) is 6.20 Å². The summed E-state index contributed by atoms with van der Waals surface area (Å²) in [6, 6.07) is 12.6. The van der Waals surface area contributed by atoms with Gasteiger partial charge in [-0.25, -0.2) is 9.67 Å². The van der Waals surface area contributed by atoms with Crippen molar-refractivity contribution in [2.45, 2.75) is 19.4 Å². The molecule has 2 N–H and O–H groups in total. The number of rotatable bonds is 7. The highest BCUT2D eigenvalue weighted by molar-refractivity contribution is 6.31. The molecule has 172 valence electrons. The van der Waals surface area contributed by atoms with Gasteiger partial charge in [0.1, 0.15) is 11.6 Å². The van der Waals surface area contributed by atoms with Gasteiger partial charge in [0.05, 0.1) is 30.2 Å². The number of hydrogen-bond acceptors (Lipinski definition) is 5. The minimum absolute atomic E-state index is 0.104. The molecule has 4 rings (SSSR count). The summed E-state index contributed by atoms with van der Waals surface area (Å²) in [7, 11) is 0. The quantitative estimate of drug-likeness (QED) is 0.527. The van der Waals surface area contributed by atoms with Crippen molar-refractivity contribution in [1.29, 1.82) is 0 Å². The molecular weight excluding hydrogens is 463 g/mol. The second-order valence-electron chi connectivity index (χ2n) is 7.94. The number of nitrogens with zero attached hydrogens (tertiary/aromatic N) is 4. The molecule has 33 heavy (non-hydrogen) atoms. The summed E-state index contributed by atoms with van der Waals surface area (Å²) in [6.45, 7) is 1.91. The number of carbonyl (C=O) groups excluding carboxylic acids is 2. The van der Waals surface area contributed by atoms with Gasteiger partial charge in [0.25, 0.3) is 0 Å². The average Bonchev–Trinajstić information content (AvgIpc) is 3.23. The molecule has 1 atom stereocenters. The van der Waals surface area contributed by atoms with E-state index < -0.39 is 0 Å². The molecule has 1 fully saturated rings. The number of likely N-dealkylation sites (tertiary alicyclic amines) is 1. The lowest BCUT2D eigenvalue weighted by atomic mass is 9.97. The van der Waals surface area contributed by atoms with Gasteiger partial charge in [0.15, 0.2) is 0 Å². The van der Waals surface area contributed by atoms with E-state index in [9.17, 15) is 9.59 Å². The van der Waals surface area contributed by atoms with Crippen LogP contribution in [0, 0.1) is 5.92 Å². The maximum absolute atomic E-state index is 12.7. The Balaban J connectivity index is 1.31. The van der Waals surface area contributed by atoms with Crippen LogP contribution in [0.25, 0.3) is 0 Å². The molecule has 0 aliphatic carbocycles. The van der Waals surface area contributed by atoms with Gasteiger partial charge in [0, 0.05) is 23.8 Å². The molecule has 0 radical (unpaired) electrons. The van der Waals surface area contributed by atoms with E-state index in [1.54, 1.807) is 29.1 Å². The molecule has 1 saturated heterocycles. The maximum atomic E-state index is 12.7. The fourth-order valence-electron chi connectivity index (χ4n) is 3.83. The zero-order chi connectivity index (χ0) is 23.2. The number of pyridine rings is 1. The SMILES string of the molecule is O=C(CN1CCCC(C(=O)Nc2ccc(Cl)cn2)C1)Nc1ccnn1Cc1ccccc1Cl. The number of carbonyl (C=O) groups is 2. The third-order valence-corrected chi connectivity index (χ3v) is 6.08. The summed E-state index contributed by atoms with van der Waals surface area (Å²) in [5.41, 5.74) is 0.915. The summed E-state index contributed by atoms with van der Waals surface area (Å²) in [6.07, 6.45) is 4.73. The van der Waals surface area contributed by atoms with Gasteiger partial charge in [-0.05, 0) is 43.1 Å². The molecule has 0 saturated carbocycles. The zero-order valence-corrected chi connectivity index (χ0v) is 19.4. The fourth-order valence-corrected chi connectivity index (χ4v) is 4.14. The van der Waals surface area contributed by atoms with Crippen LogP contribution in [0.2, 0.25) is 10.0 Å². The molecule has 0 bridgehead atoms. The first kappa shape index (κ1) is 23.2. The monoisotopic (exact) mass is 486 g/mol. The summed E-state index contributed by atoms with van der Waals surface area (Å²) < 4.78 is 1.70. The van der Waals surface area contributed by atoms with Crippen molar-refractivity contribution in [3.05, 3.63) is 70.5 Å². The largest absolute Gasteiger partial charge is 0.310 e.